The number of hydrogen-bond acceptors (Lipinski definition) is 3. The highest BCUT2D eigenvalue weighted by molar-refractivity contribution is 5.95. The summed E-state index contributed by atoms with van der Waals surface area (Å²) in [6.45, 7) is 5.20. The molecule has 0 saturated carbocycles. The predicted molar refractivity (Wildman–Crippen MR) is 62.4 cm³/mol. The van der Waals surface area contributed by atoms with Crippen LogP contribution in [-0.4, -0.2) is 22.2 Å². The topological polar surface area (TPSA) is 42.2 Å². The molecule has 4 nitrogen and oxygen atoms in total. The van der Waals surface area contributed by atoms with E-state index in [1.807, 2.05) is 17.1 Å². The van der Waals surface area contributed by atoms with Crippen LogP contribution in [0.15, 0.2) is 17.4 Å². The van der Waals surface area contributed by atoms with Gasteiger partial charge in [0, 0.05) is 25.2 Å². The van der Waals surface area contributed by atoms with Crippen LogP contribution in [-0.2, 0) is 0 Å². The number of rotatable bonds is 2. The molecule has 1 N–H and O–H groups in total. The first-order chi connectivity index (χ1) is 7.25. The van der Waals surface area contributed by atoms with Crippen molar-refractivity contribution >= 4 is 11.5 Å². The molecule has 0 amide bonds. The highest BCUT2D eigenvalue weighted by Gasteiger charge is 2.07. The van der Waals surface area contributed by atoms with Gasteiger partial charge in [-0.3, -0.25) is 9.67 Å². The molecule has 0 aliphatic carbocycles. The van der Waals surface area contributed by atoms with E-state index in [9.17, 15) is 0 Å². The maximum atomic E-state index is 4.45. The molecule has 0 fully saturated rings. The van der Waals surface area contributed by atoms with Gasteiger partial charge in [0.2, 0.25) is 0 Å². The van der Waals surface area contributed by atoms with E-state index in [1.54, 1.807) is 0 Å². The normalized spacial score (nSPS) is 16.6. The molecule has 1 aliphatic heterocycles. The summed E-state index contributed by atoms with van der Waals surface area (Å²) < 4.78 is 1.95. The van der Waals surface area contributed by atoms with Crippen LogP contribution in [0, 0.1) is 0 Å². The standard InChI is InChI=1S/C11H18N4/c1-9(2)15-8-10(7-13-15)14-11-5-3-4-6-12-11/h7-9H,3-6H2,1-2H3,(H,12,14). The van der Waals surface area contributed by atoms with E-state index in [0.717, 1.165) is 24.5 Å². The third-order valence-corrected chi connectivity index (χ3v) is 2.54. The molecular formula is C11H18N4. The van der Waals surface area contributed by atoms with Crippen molar-refractivity contribution in [2.45, 2.75) is 39.2 Å². The second-order valence-electron chi connectivity index (χ2n) is 4.21. The second kappa shape index (κ2) is 4.47. The average molecular weight is 206 g/mol. The lowest BCUT2D eigenvalue weighted by molar-refractivity contribution is 0.532. The van der Waals surface area contributed by atoms with Crippen molar-refractivity contribution in [1.82, 2.24) is 9.78 Å². The van der Waals surface area contributed by atoms with E-state index in [0.29, 0.717) is 6.04 Å². The lowest BCUT2D eigenvalue weighted by Gasteiger charge is -2.12. The zero-order valence-electron chi connectivity index (χ0n) is 9.40. The molecule has 0 spiro atoms. The summed E-state index contributed by atoms with van der Waals surface area (Å²) in [6, 6.07) is 0.411. The lowest BCUT2D eigenvalue weighted by atomic mass is 10.2. The Labute approximate surface area is 90.4 Å². The zero-order valence-corrected chi connectivity index (χ0v) is 9.40. The lowest BCUT2D eigenvalue weighted by Crippen LogP contribution is -2.15. The van der Waals surface area contributed by atoms with Gasteiger partial charge in [0.1, 0.15) is 5.84 Å². The van der Waals surface area contributed by atoms with E-state index in [2.05, 4.69) is 29.3 Å². The third kappa shape index (κ3) is 2.58. The molecule has 0 unspecified atom stereocenters. The smallest absolute Gasteiger partial charge is 0.101 e. The Morgan fingerprint density at radius 3 is 2.87 bits per heavy atom. The van der Waals surface area contributed by atoms with Gasteiger partial charge in [-0.1, -0.05) is 0 Å². The van der Waals surface area contributed by atoms with Crippen molar-refractivity contribution in [3.8, 4) is 0 Å². The van der Waals surface area contributed by atoms with E-state index in [-0.39, 0.29) is 0 Å². The maximum Gasteiger partial charge on any atom is 0.101 e. The van der Waals surface area contributed by atoms with Gasteiger partial charge in [0.05, 0.1) is 11.9 Å². The molecule has 0 aromatic carbocycles. The monoisotopic (exact) mass is 206 g/mol. The number of nitrogens with zero attached hydrogens (tertiary/aromatic N) is 3. The Morgan fingerprint density at radius 2 is 2.27 bits per heavy atom. The highest BCUT2D eigenvalue weighted by atomic mass is 15.3. The van der Waals surface area contributed by atoms with Crippen molar-refractivity contribution in [1.29, 1.82) is 0 Å². The molecule has 0 atom stereocenters. The van der Waals surface area contributed by atoms with E-state index in [4.69, 9.17) is 0 Å². The van der Waals surface area contributed by atoms with E-state index >= 15 is 0 Å². The number of aliphatic imine (C=N–C) groups is 1. The van der Waals surface area contributed by atoms with Gasteiger partial charge in [-0.05, 0) is 26.7 Å². The van der Waals surface area contributed by atoms with Crippen molar-refractivity contribution in [2.75, 3.05) is 11.9 Å². The fourth-order valence-corrected chi connectivity index (χ4v) is 1.65. The Hall–Kier alpha value is -1.32. The number of hydrogen-bond donors (Lipinski definition) is 1. The molecular weight excluding hydrogens is 188 g/mol. The summed E-state index contributed by atoms with van der Waals surface area (Å²) in [7, 11) is 0. The largest absolute Gasteiger partial charge is 0.342 e. The molecule has 2 heterocycles. The Morgan fingerprint density at radius 1 is 1.40 bits per heavy atom. The Kier molecular flexibility index (Phi) is 3.04. The van der Waals surface area contributed by atoms with E-state index < -0.39 is 0 Å². The van der Waals surface area contributed by atoms with Crippen LogP contribution in [0.1, 0.15) is 39.2 Å². The molecule has 1 aromatic heterocycles. The fourth-order valence-electron chi connectivity index (χ4n) is 1.65. The molecule has 82 valence electrons. The van der Waals surface area contributed by atoms with Crippen molar-refractivity contribution in [3.05, 3.63) is 12.4 Å². The van der Waals surface area contributed by atoms with Crippen molar-refractivity contribution in [3.63, 3.8) is 0 Å². The molecule has 2 rings (SSSR count). The highest BCUT2D eigenvalue weighted by Crippen LogP contribution is 2.13. The second-order valence-corrected chi connectivity index (χ2v) is 4.21. The predicted octanol–water partition coefficient (Wildman–Crippen LogP) is 2.46. The van der Waals surface area contributed by atoms with Crippen LogP contribution in [0.5, 0.6) is 0 Å². The molecule has 0 bridgehead atoms. The first-order valence-corrected chi connectivity index (χ1v) is 5.60. The minimum absolute atomic E-state index is 0.411. The average Bonchev–Trinajstić information content (AvgIpc) is 2.68. The Balaban J connectivity index is 2.01. The van der Waals surface area contributed by atoms with Crippen molar-refractivity contribution in [2.24, 2.45) is 4.99 Å². The first kappa shape index (κ1) is 10.2. The summed E-state index contributed by atoms with van der Waals surface area (Å²) in [5.74, 6) is 1.10. The van der Waals surface area contributed by atoms with Crippen molar-refractivity contribution < 1.29 is 0 Å². The van der Waals surface area contributed by atoms with Crippen LogP contribution in [0.25, 0.3) is 0 Å². The summed E-state index contributed by atoms with van der Waals surface area (Å²) in [5, 5.41) is 7.60. The molecule has 0 saturated heterocycles. The van der Waals surface area contributed by atoms with Gasteiger partial charge >= 0.3 is 0 Å². The quantitative estimate of drug-likeness (QED) is 0.807. The number of nitrogens with one attached hydrogen (secondary N) is 1. The van der Waals surface area contributed by atoms with Gasteiger partial charge in [-0.15, -0.1) is 0 Å². The Bertz CT molecular complexity index is 351. The number of anilines is 1. The number of aromatic nitrogens is 2. The van der Waals surface area contributed by atoms with E-state index in [1.165, 1.54) is 12.8 Å². The van der Waals surface area contributed by atoms with Crippen LogP contribution in [0.3, 0.4) is 0 Å². The minimum atomic E-state index is 0.411. The van der Waals surface area contributed by atoms with Crippen LogP contribution in [0.4, 0.5) is 5.69 Å². The summed E-state index contributed by atoms with van der Waals surface area (Å²) in [5.41, 5.74) is 1.05. The van der Waals surface area contributed by atoms with Gasteiger partial charge in [0.15, 0.2) is 0 Å². The molecule has 0 radical (unpaired) electrons. The minimum Gasteiger partial charge on any atom is -0.342 e. The van der Waals surface area contributed by atoms with Gasteiger partial charge in [0.25, 0.3) is 0 Å². The van der Waals surface area contributed by atoms with Crippen LogP contribution < -0.4 is 5.32 Å². The number of amidine groups is 1. The molecule has 15 heavy (non-hydrogen) atoms. The summed E-state index contributed by atoms with van der Waals surface area (Å²) >= 11 is 0. The summed E-state index contributed by atoms with van der Waals surface area (Å²) in [4.78, 5) is 4.45. The third-order valence-electron chi connectivity index (χ3n) is 2.54. The van der Waals surface area contributed by atoms with Gasteiger partial charge in [-0.25, -0.2) is 0 Å². The molecule has 1 aliphatic rings. The summed E-state index contributed by atoms with van der Waals surface area (Å²) in [6.07, 6.45) is 7.41. The molecule has 1 aromatic rings. The maximum absolute atomic E-state index is 4.45. The fraction of sp³-hybridized carbons (Fsp3) is 0.636. The SMILES string of the molecule is CC(C)n1cc(NC2=NCCCC2)cn1. The van der Waals surface area contributed by atoms with Gasteiger partial charge < -0.3 is 5.32 Å². The molecule has 4 heteroatoms. The zero-order chi connectivity index (χ0) is 10.7. The van der Waals surface area contributed by atoms with Gasteiger partial charge in [-0.2, -0.15) is 5.10 Å². The van der Waals surface area contributed by atoms with Crippen LogP contribution >= 0.6 is 0 Å². The first-order valence-electron chi connectivity index (χ1n) is 5.60. The van der Waals surface area contributed by atoms with Crippen LogP contribution in [0.2, 0.25) is 0 Å².